The molecule has 0 radical (unpaired) electrons. The molecular formula is C11H12N4O2. The highest BCUT2D eigenvalue weighted by Crippen LogP contribution is 2.10. The van der Waals surface area contributed by atoms with Crippen LogP contribution in [-0.2, 0) is 11.2 Å². The van der Waals surface area contributed by atoms with E-state index < -0.39 is 0 Å². The summed E-state index contributed by atoms with van der Waals surface area (Å²) >= 11 is 0. The first-order valence-corrected chi connectivity index (χ1v) is 5.41. The van der Waals surface area contributed by atoms with Gasteiger partial charge in [-0.2, -0.15) is 4.98 Å². The van der Waals surface area contributed by atoms with Gasteiger partial charge in [0, 0.05) is 18.8 Å². The van der Waals surface area contributed by atoms with Gasteiger partial charge in [0.25, 0.3) is 0 Å². The lowest BCUT2D eigenvalue weighted by Crippen LogP contribution is -2.02. The Morgan fingerprint density at radius 3 is 2.76 bits per heavy atom. The fraction of sp³-hybridized carbons (Fsp3) is 0.364. The quantitative estimate of drug-likeness (QED) is 0.775. The van der Waals surface area contributed by atoms with Crippen molar-refractivity contribution in [1.29, 1.82) is 0 Å². The molecule has 0 unspecified atom stereocenters. The topological polar surface area (TPSA) is 81.8 Å². The number of hydrogen-bond donors (Lipinski definition) is 0. The zero-order chi connectivity index (χ0) is 12.1. The summed E-state index contributed by atoms with van der Waals surface area (Å²) in [5, 5.41) is 3.74. The second kappa shape index (κ2) is 5.29. The zero-order valence-electron chi connectivity index (χ0n) is 9.46. The molecule has 0 saturated carbocycles. The molecule has 0 N–H and O–H groups in total. The molecule has 88 valence electrons. The normalized spacial score (nSPS) is 10.4. The van der Waals surface area contributed by atoms with E-state index in [1.165, 1.54) is 0 Å². The summed E-state index contributed by atoms with van der Waals surface area (Å²) in [6.45, 7) is 1.95. The monoisotopic (exact) mass is 232 g/mol. The Morgan fingerprint density at radius 2 is 2.06 bits per heavy atom. The molecule has 17 heavy (non-hydrogen) atoms. The van der Waals surface area contributed by atoms with Crippen molar-refractivity contribution in [3.05, 3.63) is 24.4 Å². The summed E-state index contributed by atoms with van der Waals surface area (Å²) in [5.41, 5.74) is 0. The number of nitrogens with zero attached hydrogens (tertiary/aromatic N) is 4. The fourth-order valence-electron chi connectivity index (χ4n) is 1.37. The van der Waals surface area contributed by atoms with Gasteiger partial charge in [0.15, 0.2) is 0 Å². The highest BCUT2D eigenvalue weighted by molar-refractivity contribution is 5.79. The molecule has 0 bridgehead atoms. The van der Waals surface area contributed by atoms with Crippen LogP contribution in [0.15, 0.2) is 23.0 Å². The number of aromatic nitrogens is 4. The SMILES string of the molecule is CCCC(=O)Cc1nc(-c2ncccn2)no1. The minimum absolute atomic E-state index is 0.0941. The van der Waals surface area contributed by atoms with E-state index in [9.17, 15) is 4.79 Å². The highest BCUT2D eigenvalue weighted by atomic mass is 16.5. The molecule has 0 aliphatic rings. The Morgan fingerprint density at radius 1 is 1.29 bits per heavy atom. The lowest BCUT2D eigenvalue weighted by atomic mass is 10.2. The van der Waals surface area contributed by atoms with E-state index in [0.717, 1.165) is 6.42 Å². The first-order valence-electron chi connectivity index (χ1n) is 5.41. The van der Waals surface area contributed by atoms with Gasteiger partial charge in [-0.3, -0.25) is 4.79 Å². The third-order valence-corrected chi connectivity index (χ3v) is 2.11. The lowest BCUT2D eigenvalue weighted by molar-refractivity contribution is -0.118. The molecule has 0 spiro atoms. The molecule has 2 aromatic rings. The first kappa shape index (κ1) is 11.4. The van der Waals surface area contributed by atoms with Crippen LogP contribution >= 0.6 is 0 Å². The van der Waals surface area contributed by atoms with Gasteiger partial charge in [0.05, 0.1) is 6.42 Å². The Bertz CT molecular complexity index is 495. The van der Waals surface area contributed by atoms with Crippen LogP contribution in [0, 0.1) is 0 Å². The van der Waals surface area contributed by atoms with Crippen LogP contribution in [0.4, 0.5) is 0 Å². The minimum Gasteiger partial charge on any atom is -0.338 e. The van der Waals surface area contributed by atoms with Gasteiger partial charge >= 0.3 is 0 Å². The summed E-state index contributed by atoms with van der Waals surface area (Å²) in [7, 11) is 0. The number of hydrogen-bond acceptors (Lipinski definition) is 6. The van der Waals surface area contributed by atoms with Crippen molar-refractivity contribution in [1.82, 2.24) is 20.1 Å². The highest BCUT2D eigenvalue weighted by Gasteiger charge is 2.13. The number of rotatable bonds is 5. The molecule has 0 saturated heterocycles. The van der Waals surface area contributed by atoms with Crippen LogP contribution in [0.1, 0.15) is 25.7 Å². The van der Waals surface area contributed by atoms with Crippen molar-refractivity contribution in [2.24, 2.45) is 0 Å². The van der Waals surface area contributed by atoms with Crippen LogP contribution in [0.2, 0.25) is 0 Å². The van der Waals surface area contributed by atoms with Gasteiger partial charge in [-0.25, -0.2) is 9.97 Å². The van der Waals surface area contributed by atoms with Gasteiger partial charge in [-0.1, -0.05) is 12.1 Å². The Kier molecular flexibility index (Phi) is 3.54. The molecule has 0 aromatic carbocycles. The average molecular weight is 232 g/mol. The summed E-state index contributed by atoms with van der Waals surface area (Å²) < 4.78 is 4.97. The van der Waals surface area contributed by atoms with E-state index in [1.807, 2.05) is 6.92 Å². The summed E-state index contributed by atoms with van der Waals surface area (Å²) in [6, 6.07) is 1.70. The van der Waals surface area contributed by atoms with Crippen molar-refractivity contribution in [3.63, 3.8) is 0 Å². The van der Waals surface area contributed by atoms with Crippen LogP contribution in [0.5, 0.6) is 0 Å². The number of carbonyl (C=O) groups excluding carboxylic acids is 1. The Balaban J connectivity index is 2.09. The molecule has 0 atom stereocenters. The molecule has 2 aromatic heterocycles. The van der Waals surface area contributed by atoms with Crippen LogP contribution in [0.3, 0.4) is 0 Å². The summed E-state index contributed by atoms with van der Waals surface area (Å²) in [6.07, 6.45) is 4.72. The average Bonchev–Trinajstić information content (AvgIpc) is 2.79. The standard InChI is InChI=1S/C11H12N4O2/c1-2-4-8(16)7-9-14-11(15-17-9)10-12-5-3-6-13-10/h3,5-6H,2,4,7H2,1H3. The minimum atomic E-state index is 0.0941. The maximum Gasteiger partial charge on any atom is 0.240 e. The number of Topliss-reactive ketones (excluding diaryl/α,β-unsaturated/α-hetero) is 1. The predicted molar refractivity (Wildman–Crippen MR) is 58.9 cm³/mol. The molecule has 0 aliphatic carbocycles. The molecule has 0 aliphatic heterocycles. The van der Waals surface area contributed by atoms with Crippen molar-refractivity contribution >= 4 is 5.78 Å². The van der Waals surface area contributed by atoms with E-state index in [1.54, 1.807) is 18.5 Å². The fourth-order valence-corrected chi connectivity index (χ4v) is 1.37. The molecule has 6 nitrogen and oxygen atoms in total. The summed E-state index contributed by atoms with van der Waals surface area (Å²) in [5.74, 6) is 1.11. The smallest absolute Gasteiger partial charge is 0.240 e. The van der Waals surface area contributed by atoms with Crippen LogP contribution in [-0.4, -0.2) is 25.9 Å². The van der Waals surface area contributed by atoms with Gasteiger partial charge in [0.2, 0.25) is 17.5 Å². The third kappa shape index (κ3) is 2.93. The lowest BCUT2D eigenvalue weighted by Gasteiger charge is -1.91. The van der Waals surface area contributed by atoms with Gasteiger partial charge in [-0.05, 0) is 12.5 Å². The Labute approximate surface area is 98.1 Å². The van der Waals surface area contributed by atoms with Crippen molar-refractivity contribution in [3.8, 4) is 11.6 Å². The molecule has 2 rings (SSSR count). The predicted octanol–water partition coefficient (Wildman–Crippen LogP) is 1.44. The Hall–Kier alpha value is -2.11. The summed E-state index contributed by atoms with van der Waals surface area (Å²) in [4.78, 5) is 23.5. The third-order valence-electron chi connectivity index (χ3n) is 2.11. The zero-order valence-corrected chi connectivity index (χ0v) is 9.46. The second-order valence-corrected chi connectivity index (χ2v) is 3.55. The maximum atomic E-state index is 11.4. The van der Waals surface area contributed by atoms with Crippen molar-refractivity contribution < 1.29 is 9.32 Å². The van der Waals surface area contributed by atoms with Crippen LogP contribution in [0.25, 0.3) is 11.6 Å². The van der Waals surface area contributed by atoms with E-state index in [0.29, 0.717) is 24.0 Å². The maximum absolute atomic E-state index is 11.4. The number of ketones is 1. The van der Waals surface area contributed by atoms with Crippen LogP contribution < -0.4 is 0 Å². The molecule has 2 heterocycles. The molecule has 6 heteroatoms. The second-order valence-electron chi connectivity index (χ2n) is 3.55. The van der Waals surface area contributed by atoms with Gasteiger partial charge in [0.1, 0.15) is 5.78 Å². The molecule has 0 fully saturated rings. The first-order chi connectivity index (χ1) is 8.29. The van der Waals surface area contributed by atoms with Crippen molar-refractivity contribution in [2.45, 2.75) is 26.2 Å². The van der Waals surface area contributed by atoms with E-state index in [4.69, 9.17) is 4.52 Å². The number of carbonyl (C=O) groups is 1. The van der Waals surface area contributed by atoms with Gasteiger partial charge in [-0.15, -0.1) is 0 Å². The molecule has 0 amide bonds. The van der Waals surface area contributed by atoms with E-state index in [2.05, 4.69) is 20.1 Å². The van der Waals surface area contributed by atoms with E-state index in [-0.39, 0.29) is 12.2 Å². The van der Waals surface area contributed by atoms with Gasteiger partial charge < -0.3 is 4.52 Å². The molecular weight excluding hydrogens is 220 g/mol. The van der Waals surface area contributed by atoms with Crippen molar-refractivity contribution in [2.75, 3.05) is 0 Å². The largest absolute Gasteiger partial charge is 0.338 e. The van der Waals surface area contributed by atoms with E-state index >= 15 is 0 Å².